The van der Waals surface area contributed by atoms with E-state index >= 15 is 0 Å². The summed E-state index contributed by atoms with van der Waals surface area (Å²) in [6, 6.07) is 15.9. The Hall–Kier alpha value is -2.33. The quantitative estimate of drug-likeness (QED) is 0.775. The van der Waals surface area contributed by atoms with Gasteiger partial charge in [-0.25, -0.2) is 0 Å². The van der Waals surface area contributed by atoms with E-state index in [4.69, 9.17) is 9.47 Å². The maximum Gasteiger partial charge on any atom is 0.254 e. The zero-order valence-corrected chi connectivity index (χ0v) is 16.7. The van der Waals surface area contributed by atoms with Gasteiger partial charge in [0.2, 0.25) is 0 Å². The summed E-state index contributed by atoms with van der Waals surface area (Å²) < 4.78 is 11.1. The summed E-state index contributed by atoms with van der Waals surface area (Å²) >= 11 is 0. The molecule has 0 radical (unpaired) electrons. The number of carbonyl (C=O) groups excluding carboxylic acids is 1. The van der Waals surface area contributed by atoms with Crippen molar-refractivity contribution in [3.63, 3.8) is 0 Å². The number of aryl methyl sites for hydroxylation is 1. The van der Waals surface area contributed by atoms with E-state index in [1.54, 1.807) is 7.11 Å². The van der Waals surface area contributed by atoms with Crippen LogP contribution in [0.5, 0.6) is 5.75 Å². The lowest BCUT2D eigenvalue weighted by Crippen LogP contribution is -2.48. The van der Waals surface area contributed by atoms with E-state index in [0.717, 1.165) is 35.3 Å². The van der Waals surface area contributed by atoms with Crippen LogP contribution in [-0.4, -0.2) is 36.2 Å². The lowest BCUT2D eigenvalue weighted by atomic mass is 9.92. The number of hydrogen-bond donors (Lipinski definition) is 0. The van der Waals surface area contributed by atoms with E-state index in [1.807, 2.05) is 60.4 Å². The lowest BCUT2D eigenvalue weighted by molar-refractivity contribution is -0.0792. The fraction of sp³-hybridized carbons (Fsp3) is 0.435. The zero-order chi connectivity index (χ0) is 19.4. The van der Waals surface area contributed by atoms with Crippen LogP contribution in [0.3, 0.4) is 0 Å². The third-order valence-corrected chi connectivity index (χ3v) is 5.18. The molecule has 2 aromatic carbocycles. The molecule has 3 rings (SSSR count). The van der Waals surface area contributed by atoms with Gasteiger partial charge in [-0.3, -0.25) is 4.79 Å². The third-order valence-electron chi connectivity index (χ3n) is 5.18. The van der Waals surface area contributed by atoms with Gasteiger partial charge in [0, 0.05) is 24.8 Å². The van der Waals surface area contributed by atoms with Gasteiger partial charge < -0.3 is 14.4 Å². The molecule has 2 aromatic rings. The maximum absolute atomic E-state index is 13.4. The first-order chi connectivity index (χ1) is 12.9. The molecule has 0 N–H and O–H groups in total. The number of hydrogen-bond acceptors (Lipinski definition) is 3. The highest BCUT2D eigenvalue weighted by atomic mass is 16.5. The fourth-order valence-corrected chi connectivity index (χ4v) is 3.62. The molecule has 1 heterocycles. The largest absolute Gasteiger partial charge is 0.497 e. The molecule has 0 aromatic heterocycles. The van der Waals surface area contributed by atoms with Crippen LogP contribution in [0, 0.1) is 6.92 Å². The van der Waals surface area contributed by atoms with E-state index in [-0.39, 0.29) is 17.6 Å². The Morgan fingerprint density at radius 2 is 1.81 bits per heavy atom. The van der Waals surface area contributed by atoms with Crippen LogP contribution in [0.4, 0.5) is 0 Å². The first-order valence-electron chi connectivity index (χ1n) is 9.52. The summed E-state index contributed by atoms with van der Waals surface area (Å²) in [5, 5.41) is 0. The number of ether oxygens (including phenoxy) is 2. The molecule has 1 amide bonds. The van der Waals surface area contributed by atoms with Crippen molar-refractivity contribution in [2.75, 3.05) is 13.7 Å². The van der Waals surface area contributed by atoms with Gasteiger partial charge in [-0.05, 0) is 63.4 Å². The minimum atomic E-state index is -0.214. The fourth-order valence-electron chi connectivity index (χ4n) is 3.62. The van der Waals surface area contributed by atoms with Gasteiger partial charge in [-0.15, -0.1) is 0 Å². The molecular formula is C23H29NO3. The van der Waals surface area contributed by atoms with Crippen LogP contribution in [0.15, 0.2) is 48.5 Å². The van der Waals surface area contributed by atoms with Gasteiger partial charge in [0.15, 0.2) is 0 Å². The van der Waals surface area contributed by atoms with Gasteiger partial charge in [0.05, 0.1) is 12.7 Å². The predicted molar refractivity (Wildman–Crippen MR) is 107 cm³/mol. The molecule has 1 aliphatic rings. The molecule has 0 spiro atoms. The minimum absolute atomic E-state index is 0.0773. The lowest BCUT2D eigenvalue weighted by Gasteiger charge is -2.41. The standard InChI is InChI=1S/C23H29NO3/c1-17-5-9-19(10-6-17)22(25)24(20-13-14-27-23(2,3)15-20)16-18-7-11-21(26-4)12-8-18/h5-12,20H,13-16H2,1-4H3/t20-/m1/s1. The Morgan fingerprint density at radius 3 is 2.41 bits per heavy atom. The molecule has 27 heavy (non-hydrogen) atoms. The molecule has 1 aliphatic heterocycles. The van der Waals surface area contributed by atoms with Crippen LogP contribution < -0.4 is 4.74 Å². The topological polar surface area (TPSA) is 38.8 Å². The van der Waals surface area contributed by atoms with Gasteiger partial charge in [-0.2, -0.15) is 0 Å². The average Bonchev–Trinajstić information content (AvgIpc) is 2.66. The predicted octanol–water partition coefficient (Wildman–Crippen LogP) is 4.60. The van der Waals surface area contributed by atoms with Crippen LogP contribution >= 0.6 is 0 Å². The second kappa shape index (κ2) is 8.13. The van der Waals surface area contributed by atoms with E-state index in [1.165, 1.54) is 0 Å². The van der Waals surface area contributed by atoms with Crippen LogP contribution in [0.25, 0.3) is 0 Å². The first kappa shape index (κ1) is 19.4. The van der Waals surface area contributed by atoms with Crippen molar-refractivity contribution in [1.29, 1.82) is 0 Å². The van der Waals surface area contributed by atoms with Crippen LogP contribution in [-0.2, 0) is 11.3 Å². The number of benzene rings is 2. The summed E-state index contributed by atoms with van der Waals surface area (Å²) in [5.41, 5.74) is 2.77. The number of amides is 1. The number of carbonyl (C=O) groups is 1. The molecule has 1 atom stereocenters. The Kier molecular flexibility index (Phi) is 5.85. The normalized spacial score (nSPS) is 18.7. The van der Waals surface area contributed by atoms with Crippen LogP contribution in [0.1, 0.15) is 48.2 Å². The summed E-state index contributed by atoms with van der Waals surface area (Å²) in [6.07, 6.45) is 1.69. The van der Waals surface area contributed by atoms with Crippen molar-refractivity contribution in [3.8, 4) is 5.75 Å². The van der Waals surface area contributed by atoms with E-state index in [9.17, 15) is 4.79 Å². The van der Waals surface area contributed by atoms with Crippen LogP contribution in [0.2, 0.25) is 0 Å². The van der Waals surface area contributed by atoms with Crippen molar-refractivity contribution in [2.24, 2.45) is 0 Å². The second-order valence-corrected chi connectivity index (χ2v) is 7.90. The molecule has 4 heteroatoms. The SMILES string of the molecule is COc1ccc(CN(C(=O)c2ccc(C)cc2)[C@@H]2CCOC(C)(C)C2)cc1. The van der Waals surface area contributed by atoms with Crippen molar-refractivity contribution in [3.05, 3.63) is 65.2 Å². The smallest absolute Gasteiger partial charge is 0.254 e. The molecule has 4 nitrogen and oxygen atoms in total. The van der Waals surface area contributed by atoms with Crippen molar-refractivity contribution < 1.29 is 14.3 Å². The molecule has 0 bridgehead atoms. The molecule has 0 unspecified atom stereocenters. The number of nitrogens with zero attached hydrogens (tertiary/aromatic N) is 1. The third kappa shape index (κ3) is 4.89. The van der Waals surface area contributed by atoms with Gasteiger partial charge in [0.25, 0.3) is 5.91 Å². The highest BCUT2D eigenvalue weighted by Crippen LogP contribution is 2.29. The van der Waals surface area contributed by atoms with E-state index in [0.29, 0.717) is 13.2 Å². The van der Waals surface area contributed by atoms with E-state index in [2.05, 4.69) is 13.8 Å². The Balaban J connectivity index is 1.87. The maximum atomic E-state index is 13.4. The highest BCUT2D eigenvalue weighted by Gasteiger charge is 2.34. The highest BCUT2D eigenvalue weighted by molar-refractivity contribution is 5.94. The summed E-state index contributed by atoms with van der Waals surface area (Å²) in [5.74, 6) is 0.899. The zero-order valence-electron chi connectivity index (χ0n) is 16.7. The van der Waals surface area contributed by atoms with Gasteiger partial charge >= 0.3 is 0 Å². The average molecular weight is 367 g/mol. The molecule has 144 valence electrons. The monoisotopic (exact) mass is 367 g/mol. The molecule has 0 saturated carbocycles. The summed E-state index contributed by atoms with van der Waals surface area (Å²) in [7, 11) is 1.66. The van der Waals surface area contributed by atoms with Gasteiger partial charge in [-0.1, -0.05) is 29.8 Å². The molecule has 0 aliphatic carbocycles. The number of methoxy groups -OCH3 is 1. The van der Waals surface area contributed by atoms with Crippen molar-refractivity contribution >= 4 is 5.91 Å². The molecule has 1 fully saturated rings. The summed E-state index contributed by atoms with van der Waals surface area (Å²) in [4.78, 5) is 15.4. The van der Waals surface area contributed by atoms with E-state index < -0.39 is 0 Å². The molecular weight excluding hydrogens is 338 g/mol. The minimum Gasteiger partial charge on any atom is -0.497 e. The first-order valence-corrected chi connectivity index (χ1v) is 9.52. The summed E-state index contributed by atoms with van der Waals surface area (Å²) in [6.45, 7) is 7.49. The second-order valence-electron chi connectivity index (χ2n) is 7.90. The number of rotatable bonds is 5. The molecule has 1 saturated heterocycles. The van der Waals surface area contributed by atoms with Crippen molar-refractivity contribution in [2.45, 2.75) is 51.8 Å². The Morgan fingerprint density at radius 1 is 1.15 bits per heavy atom. The Labute approximate surface area is 162 Å². The van der Waals surface area contributed by atoms with Gasteiger partial charge in [0.1, 0.15) is 5.75 Å². The Bertz CT molecular complexity index is 765. The van der Waals surface area contributed by atoms with Crippen molar-refractivity contribution in [1.82, 2.24) is 4.90 Å².